The number of aryl methyl sites for hydroxylation is 1. The molecule has 0 atom stereocenters. The van der Waals surface area contributed by atoms with E-state index in [4.69, 9.17) is 4.74 Å². The van der Waals surface area contributed by atoms with Crippen molar-refractivity contribution in [3.63, 3.8) is 0 Å². The van der Waals surface area contributed by atoms with E-state index in [1.54, 1.807) is 18.2 Å². The number of hydrogen-bond acceptors (Lipinski definition) is 4. The van der Waals surface area contributed by atoms with Crippen molar-refractivity contribution in [1.82, 2.24) is 0 Å². The van der Waals surface area contributed by atoms with Crippen LogP contribution in [0.5, 0.6) is 0 Å². The lowest BCUT2D eigenvalue weighted by molar-refractivity contribution is 0.0475. The van der Waals surface area contributed by atoms with E-state index in [1.165, 1.54) is 5.56 Å². The van der Waals surface area contributed by atoms with Crippen molar-refractivity contribution in [2.75, 3.05) is 11.9 Å². The van der Waals surface area contributed by atoms with Crippen LogP contribution in [0, 0.1) is 6.92 Å². The lowest BCUT2D eigenvalue weighted by Gasteiger charge is -2.10. The number of para-hydroxylation sites is 1. The standard InChI is InChI=1S/C27H23NO3/c1-19-6-2-5-9-25(19)28-17-20-10-12-22(13-11-20)27(30)31-18-26(29)24-15-14-21-7-3-4-8-23(21)16-24/h2-16,28H,17-18H2,1H3. The van der Waals surface area contributed by atoms with Crippen molar-refractivity contribution >= 4 is 28.2 Å². The average Bonchev–Trinajstić information content (AvgIpc) is 2.82. The van der Waals surface area contributed by atoms with E-state index in [9.17, 15) is 9.59 Å². The Hall–Kier alpha value is -3.92. The predicted molar refractivity (Wildman–Crippen MR) is 124 cm³/mol. The fourth-order valence-electron chi connectivity index (χ4n) is 3.39. The highest BCUT2D eigenvalue weighted by atomic mass is 16.5. The van der Waals surface area contributed by atoms with Crippen LogP contribution >= 0.6 is 0 Å². The van der Waals surface area contributed by atoms with Gasteiger partial charge in [0.05, 0.1) is 5.56 Å². The van der Waals surface area contributed by atoms with Crippen molar-refractivity contribution in [3.8, 4) is 0 Å². The van der Waals surface area contributed by atoms with Crippen LogP contribution in [-0.2, 0) is 11.3 Å². The third-order valence-corrected chi connectivity index (χ3v) is 5.22. The van der Waals surface area contributed by atoms with Gasteiger partial charge < -0.3 is 10.1 Å². The van der Waals surface area contributed by atoms with E-state index < -0.39 is 5.97 Å². The van der Waals surface area contributed by atoms with Crippen LogP contribution in [0.3, 0.4) is 0 Å². The lowest BCUT2D eigenvalue weighted by Crippen LogP contribution is -2.14. The molecule has 0 amide bonds. The Morgan fingerprint density at radius 2 is 1.45 bits per heavy atom. The van der Waals surface area contributed by atoms with Crippen LogP contribution in [0.1, 0.15) is 31.8 Å². The number of ketones is 1. The molecule has 0 fully saturated rings. The van der Waals surface area contributed by atoms with E-state index in [0.29, 0.717) is 17.7 Å². The first kappa shape index (κ1) is 20.4. The Kier molecular flexibility index (Phi) is 6.08. The maximum absolute atomic E-state index is 12.4. The van der Waals surface area contributed by atoms with Crippen molar-refractivity contribution < 1.29 is 14.3 Å². The second-order valence-electron chi connectivity index (χ2n) is 7.43. The minimum Gasteiger partial charge on any atom is -0.454 e. The van der Waals surface area contributed by atoms with Gasteiger partial charge in [-0.15, -0.1) is 0 Å². The summed E-state index contributed by atoms with van der Waals surface area (Å²) in [4.78, 5) is 24.8. The fraction of sp³-hybridized carbons (Fsp3) is 0.111. The molecule has 0 heterocycles. The Morgan fingerprint density at radius 1 is 0.774 bits per heavy atom. The highest BCUT2D eigenvalue weighted by molar-refractivity contribution is 6.02. The fourth-order valence-corrected chi connectivity index (χ4v) is 3.39. The molecule has 0 saturated carbocycles. The molecule has 4 aromatic carbocycles. The minimum absolute atomic E-state index is 0.224. The van der Waals surface area contributed by atoms with E-state index >= 15 is 0 Å². The van der Waals surface area contributed by atoms with E-state index in [2.05, 4.69) is 18.3 Å². The Bertz CT molecular complexity index is 1230. The summed E-state index contributed by atoms with van der Waals surface area (Å²) >= 11 is 0. The Labute approximate surface area is 181 Å². The normalized spacial score (nSPS) is 10.6. The van der Waals surface area contributed by atoms with Gasteiger partial charge in [0, 0.05) is 17.8 Å². The minimum atomic E-state index is -0.507. The molecule has 0 aliphatic rings. The predicted octanol–water partition coefficient (Wildman–Crippen LogP) is 5.80. The second-order valence-corrected chi connectivity index (χ2v) is 7.43. The van der Waals surface area contributed by atoms with Gasteiger partial charge in [-0.1, -0.05) is 66.7 Å². The van der Waals surface area contributed by atoms with Crippen LogP contribution < -0.4 is 5.32 Å². The van der Waals surface area contributed by atoms with Crippen molar-refractivity contribution in [2.45, 2.75) is 13.5 Å². The first-order chi connectivity index (χ1) is 15.1. The summed E-state index contributed by atoms with van der Waals surface area (Å²) < 4.78 is 5.24. The molecule has 0 saturated heterocycles. The zero-order valence-corrected chi connectivity index (χ0v) is 17.3. The van der Waals surface area contributed by atoms with E-state index in [0.717, 1.165) is 22.0 Å². The summed E-state index contributed by atoms with van der Waals surface area (Å²) in [5.41, 5.74) is 4.26. The van der Waals surface area contributed by atoms with Gasteiger partial charge in [-0.05, 0) is 53.1 Å². The molecule has 4 heteroatoms. The number of rotatable bonds is 7. The van der Waals surface area contributed by atoms with Crippen LogP contribution in [0.15, 0.2) is 91.0 Å². The van der Waals surface area contributed by atoms with Crippen molar-refractivity contribution in [3.05, 3.63) is 113 Å². The highest BCUT2D eigenvalue weighted by Crippen LogP contribution is 2.17. The molecule has 0 radical (unpaired) electrons. The van der Waals surface area contributed by atoms with Gasteiger partial charge in [0.2, 0.25) is 0 Å². The smallest absolute Gasteiger partial charge is 0.338 e. The molecule has 0 aliphatic carbocycles. The van der Waals surface area contributed by atoms with Crippen molar-refractivity contribution in [2.24, 2.45) is 0 Å². The molecule has 0 aromatic heterocycles. The largest absolute Gasteiger partial charge is 0.454 e. The maximum Gasteiger partial charge on any atom is 0.338 e. The number of carbonyl (C=O) groups is 2. The van der Waals surface area contributed by atoms with Gasteiger partial charge in [0.1, 0.15) is 0 Å². The van der Waals surface area contributed by atoms with Gasteiger partial charge in [-0.2, -0.15) is 0 Å². The number of ether oxygens (including phenoxy) is 1. The average molecular weight is 409 g/mol. The first-order valence-corrected chi connectivity index (χ1v) is 10.2. The summed E-state index contributed by atoms with van der Waals surface area (Å²) in [5, 5.41) is 5.43. The zero-order valence-electron chi connectivity index (χ0n) is 17.3. The number of nitrogens with one attached hydrogen (secondary N) is 1. The number of anilines is 1. The number of carbonyl (C=O) groups excluding carboxylic acids is 2. The van der Waals surface area contributed by atoms with E-state index in [1.807, 2.05) is 66.7 Å². The molecule has 0 unspecified atom stereocenters. The Balaban J connectivity index is 1.32. The molecule has 0 spiro atoms. The lowest BCUT2D eigenvalue weighted by atomic mass is 10.0. The van der Waals surface area contributed by atoms with Crippen LogP contribution in [-0.4, -0.2) is 18.4 Å². The molecule has 4 nitrogen and oxygen atoms in total. The highest BCUT2D eigenvalue weighted by Gasteiger charge is 2.12. The SMILES string of the molecule is Cc1ccccc1NCc1ccc(C(=O)OCC(=O)c2ccc3ccccc3c2)cc1. The summed E-state index contributed by atoms with van der Waals surface area (Å²) in [6.07, 6.45) is 0. The number of esters is 1. The summed E-state index contributed by atoms with van der Waals surface area (Å²) in [6, 6.07) is 28.6. The Morgan fingerprint density at radius 3 is 2.23 bits per heavy atom. The van der Waals surface area contributed by atoms with Crippen molar-refractivity contribution in [1.29, 1.82) is 0 Å². The second kappa shape index (κ2) is 9.26. The van der Waals surface area contributed by atoms with Crippen LogP contribution in [0.25, 0.3) is 10.8 Å². The van der Waals surface area contributed by atoms with Gasteiger partial charge in [0.15, 0.2) is 12.4 Å². The molecule has 0 aliphatic heterocycles. The van der Waals surface area contributed by atoms with Crippen LogP contribution in [0.2, 0.25) is 0 Å². The number of hydrogen-bond donors (Lipinski definition) is 1. The number of fused-ring (bicyclic) bond motifs is 1. The zero-order chi connectivity index (χ0) is 21.6. The van der Waals surface area contributed by atoms with E-state index in [-0.39, 0.29) is 12.4 Å². The molecule has 4 aromatic rings. The molecule has 4 rings (SSSR count). The summed E-state index contributed by atoms with van der Waals surface area (Å²) in [5.74, 6) is -0.731. The number of Topliss-reactive ketones (excluding diaryl/α,β-unsaturated/α-hetero) is 1. The quantitative estimate of drug-likeness (QED) is 0.310. The molecule has 154 valence electrons. The topological polar surface area (TPSA) is 55.4 Å². The molecular formula is C27H23NO3. The summed E-state index contributed by atoms with van der Waals surface area (Å²) in [7, 11) is 0. The van der Waals surface area contributed by atoms with Gasteiger partial charge >= 0.3 is 5.97 Å². The van der Waals surface area contributed by atoms with Crippen LogP contribution in [0.4, 0.5) is 5.69 Å². The third kappa shape index (κ3) is 4.98. The maximum atomic E-state index is 12.4. The van der Waals surface area contributed by atoms with Gasteiger partial charge in [-0.3, -0.25) is 4.79 Å². The summed E-state index contributed by atoms with van der Waals surface area (Å²) in [6.45, 7) is 2.43. The molecular weight excluding hydrogens is 386 g/mol. The molecule has 1 N–H and O–H groups in total. The number of benzene rings is 4. The third-order valence-electron chi connectivity index (χ3n) is 5.22. The monoisotopic (exact) mass is 409 g/mol. The molecule has 0 bridgehead atoms. The molecule has 31 heavy (non-hydrogen) atoms. The first-order valence-electron chi connectivity index (χ1n) is 10.2. The van der Waals surface area contributed by atoms with Gasteiger partial charge in [0.25, 0.3) is 0 Å². The van der Waals surface area contributed by atoms with Gasteiger partial charge in [-0.25, -0.2) is 4.79 Å².